The summed E-state index contributed by atoms with van der Waals surface area (Å²) in [6.45, 7) is 2.74. The summed E-state index contributed by atoms with van der Waals surface area (Å²) < 4.78 is 16.7. The van der Waals surface area contributed by atoms with Crippen LogP contribution in [-0.2, 0) is 6.42 Å². The van der Waals surface area contributed by atoms with E-state index in [1.807, 2.05) is 19.1 Å². The summed E-state index contributed by atoms with van der Waals surface area (Å²) in [5.74, 6) is 0.609. The Kier molecular flexibility index (Phi) is 11.3. The minimum atomic E-state index is -0.512. The van der Waals surface area contributed by atoms with Gasteiger partial charge in [-0.1, -0.05) is 30.2 Å². The van der Waals surface area contributed by atoms with Gasteiger partial charge in [0.2, 0.25) is 0 Å². The second-order valence-corrected chi connectivity index (χ2v) is 12.9. The molecule has 0 unspecified atom stereocenters. The molecule has 6 N–H and O–H groups in total. The lowest BCUT2D eigenvalue weighted by molar-refractivity contribution is 0.312. The minimum Gasteiger partial charge on any atom is -0.374 e. The lowest BCUT2D eigenvalue weighted by atomic mass is 9.92. The van der Waals surface area contributed by atoms with Crippen molar-refractivity contribution in [2.45, 2.75) is 82.8 Å². The highest BCUT2D eigenvalue weighted by Gasteiger charge is 2.22. The predicted molar refractivity (Wildman–Crippen MR) is 182 cm³/mol. The number of benzene rings is 2. The van der Waals surface area contributed by atoms with E-state index in [0.717, 1.165) is 63.5 Å². The summed E-state index contributed by atoms with van der Waals surface area (Å²) in [6.07, 6.45) is 9.95. The second-order valence-electron chi connectivity index (χ2n) is 12.1. The molecular weight excluding hydrogens is 612 g/mol. The molecule has 45 heavy (non-hydrogen) atoms. The number of aromatic amines is 1. The molecule has 11 heteroatoms. The third-order valence-corrected chi connectivity index (χ3v) is 9.00. The molecule has 2 aromatic heterocycles. The molecule has 0 amide bonds. The van der Waals surface area contributed by atoms with E-state index in [0.29, 0.717) is 52.2 Å². The lowest BCUT2D eigenvalue weighted by Gasteiger charge is -2.31. The third kappa shape index (κ3) is 8.52. The van der Waals surface area contributed by atoms with E-state index < -0.39 is 11.5 Å². The maximum Gasteiger partial charge on any atom is 0.354 e. The van der Waals surface area contributed by atoms with E-state index in [1.54, 1.807) is 24.4 Å². The topological polar surface area (TPSA) is 125 Å². The van der Waals surface area contributed by atoms with E-state index in [4.69, 9.17) is 34.3 Å². The molecule has 1 aliphatic rings. The molecule has 0 bridgehead atoms. The van der Waals surface area contributed by atoms with Crippen molar-refractivity contribution < 1.29 is 4.39 Å². The van der Waals surface area contributed by atoms with Gasteiger partial charge in [-0.3, -0.25) is 9.98 Å². The first-order chi connectivity index (χ1) is 21.7. The monoisotopic (exact) mass is 653 g/mol. The summed E-state index contributed by atoms with van der Waals surface area (Å²) in [4.78, 5) is 20.4. The van der Waals surface area contributed by atoms with Crippen LogP contribution in [0.5, 0.6) is 0 Å². The van der Waals surface area contributed by atoms with Gasteiger partial charge in [-0.15, -0.1) is 11.6 Å². The van der Waals surface area contributed by atoms with Crippen LogP contribution >= 0.6 is 23.2 Å². The number of rotatable bonds is 13. The zero-order valence-electron chi connectivity index (χ0n) is 25.6. The van der Waals surface area contributed by atoms with Crippen molar-refractivity contribution in [3.8, 4) is 16.9 Å². The van der Waals surface area contributed by atoms with Crippen LogP contribution in [0.4, 0.5) is 4.39 Å². The van der Waals surface area contributed by atoms with Crippen molar-refractivity contribution in [3.63, 3.8) is 0 Å². The van der Waals surface area contributed by atoms with Crippen molar-refractivity contribution in [2.75, 3.05) is 12.4 Å². The number of piperidine rings is 1. The van der Waals surface area contributed by atoms with Crippen LogP contribution in [0.15, 0.2) is 53.5 Å². The van der Waals surface area contributed by atoms with Crippen molar-refractivity contribution in [2.24, 2.45) is 5.73 Å². The molecule has 240 valence electrons. The van der Waals surface area contributed by atoms with Crippen molar-refractivity contribution in [1.29, 1.82) is 5.41 Å². The fourth-order valence-electron chi connectivity index (χ4n) is 6.04. The Hall–Kier alpha value is -3.24. The van der Waals surface area contributed by atoms with Gasteiger partial charge in [0, 0.05) is 54.1 Å². The summed E-state index contributed by atoms with van der Waals surface area (Å²) in [6, 6.07) is 14.0. The molecule has 1 saturated heterocycles. The fraction of sp³-hybridized carbons (Fsp3) is 0.441. The summed E-state index contributed by atoms with van der Waals surface area (Å²) in [7, 11) is 0. The number of amidine groups is 1. The van der Waals surface area contributed by atoms with E-state index in [1.165, 1.54) is 10.1 Å². The Bertz CT molecular complexity index is 1670. The molecular formula is C34H42Cl2FN7O. The van der Waals surface area contributed by atoms with Gasteiger partial charge in [-0.2, -0.15) is 4.98 Å². The highest BCUT2D eigenvalue weighted by atomic mass is 35.5. The number of nitrogens with zero attached hydrogens (tertiary/aromatic N) is 2. The molecule has 0 radical (unpaired) electrons. The SMILES string of the molecule is C[C@H](N)CCCc1cc(Cl)c(F)c(-c2cc3cn(-c4ccc([C@@H]5CCC[C@@H](CCNC(=N)CCCCl)N5)cc4)c(=O)nc3[nH]2)c1. The number of nitrogens with two attached hydrogens (primary N) is 1. The van der Waals surface area contributed by atoms with Gasteiger partial charge in [0.1, 0.15) is 5.65 Å². The number of fused-ring (bicyclic) bond motifs is 1. The summed E-state index contributed by atoms with van der Waals surface area (Å²) in [5.41, 5.74) is 9.51. The molecule has 3 atom stereocenters. The number of H-pyrrole nitrogens is 1. The number of halogens is 3. The number of nitrogens with one attached hydrogen (secondary N) is 4. The van der Waals surface area contributed by atoms with Gasteiger partial charge in [0.15, 0.2) is 5.82 Å². The van der Waals surface area contributed by atoms with Crippen LogP contribution in [0.25, 0.3) is 28.0 Å². The van der Waals surface area contributed by atoms with Gasteiger partial charge in [0.05, 0.1) is 22.2 Å². The summed E-state index contributed by atoms with van der Waals surface area (Å²) in [5, 5.41) is 15.7. The molecule has 1 fully saturated rings. The average Bonchev–Trinajstić information content (AvgIpc) is 3.44. The standard InChI is InChI=1S/C34H42Cl2FN7O/c1-21(38)5-2-6-22-17-27(32(37)28(36)18-22)30-19-24-20-44(34(45)43-33(24)42-30)26-12-10-23(11-13-26)29-8-3-7-25(41-29)14-16-40-31(39)9-4-15-35/h10-13,17-21,25,29,41H,2-9,14-16,38H2,1H3,(H2,39,40)(H,42,43,45)/t21-,25-,29-/m0/s1. The Morgan fingerprint density at radius 3 is 2.78 bits per heavy atom. The van der Waals surface area contributed by atoms with Crippen LogP contribution in [0.3, 0.4) is 0 Å². The smallest absolute Gasteiger partial charge is 0.354 e. The zero-order valence-corrected chi connectivity index (χ0v) is 27.2. The molecule has 0 saturated carbocycles. The second kappa shape index (κ2) is 15.4. The van der Waals surface area contributed by atoms with Gasteiger partial charge >= 0.3 is 5.69 Å². The first-order valence-corrected chi connectivity index (χ1v) is 16.7. The minimum absolute atomic E-state index is 0.0589. The first kappa shape index (κ1) is 33.1. The number of aryl methyl sites for hydroxylation is 1. The van der Waals surface area contributed by atoms with Crippen molar-refractivity contribution >= 4 is 40.1 Å². The van der Waals surface area contributed by atoms with E-state index >= 15 is 4.39 Å². The van der Waals surface area contributed by atoms with Crippen LogP contribution in [-0.4, -0.2) is 44.9 Å². The average molecular weight is 655 g/mol. The van der Waals surface area contributed by atoms with Crippen molar-refractivity contribution in [1.82, 2.24) is 25.2 Å². The Morgan fingerprint density at radius 2 is 2.02 bits per heavy atom. The largest absolute Gasteiger partial charge is 0.374 e. The zero-order chi connectivity index (χ0) is 31.9. The Morgan fingerprint density at radius 1 is 1.22 bits per heavy atom. The predicted octanol–water partition coefficient (Wildman–Crippen LogP) is 7.00. The van der Waals surface area contributed by atoms with Gasteiger partial charge < -0.3 is 21.4 Å². The quantitative estimate of drug-likeness (QED) is 0.0603. The molecule has 1 aliphatic heterocycles. The van der Waals surface area contributed by atoms with Gasteiger partial charge in [0.25, 0.3) is 0 Å². The van der Waals surface area contributed by atoms with E-state index in [-0.39, 0.29) is 17.1 Å². The van der Waals surface area contributed by atoms with Gasteiger partial charge in [-0.05, 0) is 93.3 Å². The molecule has 0 spiro atoms. The van der Waals surface area contributed by atoms with Crippen LogP contribution in [0, 0.1) is 11.2 Å². The Balaban J connectivity index is 1.28. The number of hydrogen-bond acceptors (Lipinski definition) is 5. The van der Waals surface area contributed by atoms with Crippen LogP contribution in [0.2, 0.25) is 5.02 Å². The molecule has 2 aromatic carbocycles. The molecule has 0 aliphatic carbocycles. The number of alkyl halides is 1. The fourth-order valence-corrected chi connectivity index (χ4v) is 6.42. The highest BCUT2D eigenvalue weighted by molar-refractivity contribution is 6.31. The first-order valence-electron chi connectivity index (χ1n) is 15.8. The third-order valence-electron chi connectivity index (χ3n) is 8.46. The van der Waals surface area contributed by atoms with E-state index in [9.17, 15) is 4.79 Å². The number of hydrogen-bond donors (Lipinski definition) is 5. The summed E-state index contributed by atoms with van der Waals surface area (Å²) >= 11 is 12.0. The lowest BCUT2D eigenvalue weighted by Crippen LogP contribution is -2.39. The molecule has 4 aromatic rings. The highest BCUT2D eigenvalue weighted by Crippen LogP contribution is 2.32. The molecule has 8 nitrogen and oxygen atoms in total. The maximum absolute atomic E-state index is 15.1. The Labute approximate surface area is 273 Å². The van der Waals surface area contributed by atoms with E-state index in [2.05, 4.69) is 32.7 Å². The number of aromatic nitrogens is 3. The maximum atomic E-state index is 15.1. The van der Waals surface area contributed by atoms with Crippen LogP contribution in [0.1, 0.15) is 75.5 Å². The molecule has 3 heterocycles. The van der Waals surface area contributed by atoms with Gasteiger partial charge in [-0.25, -0.2) is 9.18 Å². The van der Waals surface area contributed by atoms with Crippen LogP contribution < -0.4 is 22.1 Å². The molecule has 5 rings (SSSR count). The normalized spacial score (nSPS) is 17.4. The van der Waals surface area contributed by atoms with Crippen molar-refractivity contribution in [3.05, 3.63) is 81.1 Å².